The van der Waals surface area contributed by atoms with Crippen LogP contribution in [0.5, 0.6) is 5.75 Å². The van der Waals surface area contributed by atoms with E-state index in [1.807, 2.05) is 51.1 Å². The van der Waals surface area contributed by atoms with E-state index in [9.17, 15) is 9.59 Å². The summed E-state index contributed by atoms with van der Waals surface area (Å²) in [5.41, 5.74) is 3.77. The van der Waals surface area contributed by atoms with E-state index in [-0.39, 0.29) is 30.1 Å². The van der Waals surface area contributed by atoms with Crippen molar-refractivity contribution in [2.24, 2.45) is 5.92 Å². The number of allylic oxidation sites excluding steroid dienone is 4. The van der Waals surface area contributed by atoms with Gasteiger partial charge in [-0.2, -0.15) is 0 Å². The van der Waals surface area contributed by atoms with Crippen LogP contribution in [0.25, 0.3) is 0 Å². The molecule has 8 heteroatoms. The molecule has 0 spiro atoms. The van der Waals surface area contributed by atoms with Crippen molar-refractivity contribution < 1.29 is 23.8 Å². The van der Waals surface area contributed by atoms with Gasteiger partial charge in [-0.25, -0.2) is 4.79 Å². The van der Waals surface area contributed by atoms with Crippen LogP contribution in [0.2, 0.25) is 5.02 Å². The van der Waals surface area contributed by atoms with Crippen molar-refractivity contribution in [1.29, 1.82) is 0 Å². The lowest BCUT2D eigenvalue weighted by molar-refractivity contribution is -0.118. The molecule has 4 atom stereocenters. The minimum atomic E-state index is -0.441. The first-order chi connectivity index (χ1) is 17.1. The monoisotopic (exact) mass is 516 g/mol. The van der Waals surface area contributed by atoms with Gasteiger partial charge in [-0.3, -0.25) is 4.79 Å². The number of fused-ring (bicyclic) bond motifs is 4. The quantitative estimate of drug-likeness (QED) is 0.517. The van der Waals surface area contributed by atoms with Crippen LogP contribution < -0.4 is 15.0 Å². The average Bonchev–Trinajstić information content (AvgIpc) is 2.84. The number of ether oxygens (including phenoxy) is 3. The van der Waals surface area contributed by atoms with Crippen LogP contribution in [-0.4, -0.2) is 51.5 Å². The zero-order valence-corrected chi connectivity index (χ0v) is 22.7. The van der Waals surface area contributed by atoms with Crippen molar-refractivity contribution in [1.82, 2.24) is 5.32 Å². The molecule has 1 aromatic carbocycles. The van der Waals surface area contributed by atoms with Crippen molar-refractivity contribution >= 4 is 29.3 Å². The molecule has 2 heterocycles. The summed E-state index contributed by atoms with van der Waals surface area (Å²) in [4.78, 5) is 27.0. The number of nitrogens with zero attached hydrogens (tertiary/aromatic N) is 1. The Morgan fingerprint density at radius 3 is 2.58 bits per heavy atom. The Labute approximate surface area is 219 Å². The summed E-state index contributed by atoms with van der Waals surface area (Å²) < 4.78 is 16.8. The SMILES string of the molecule is COc1cc2cc(c1Cl)N(C)C(=O)CC/C(C)=C/[C@H](C)[C@@H]1C[C@@H](NC(=O)O1)[C@H](OC)/C=C/C=C(\C)C2. The van der Waals surface area contributed by atoms with E-state index in [2.05, 4.69) is 11.4 Å². The summed E-state index contributed by atoms with van der Waals surface area (Å²) >= 11 is 6.59. The molecule has 0 saturated carbocycles. The predicted octanol–water partition coefficient (Wildman–Crippen LogP) is 5.61. The highest BCUT2D eigenvalue weighted by Crippen LogP contribution is 2.37. The number of methoxy groups -OCH3 is 2. The summed E-state index contributed by atoms with van der Waals surface area (Å²) in [6.45, 7) is 6.06. The first-order valence-corrected chi connectivity index (χ1v) is 12.6. The number of benzene rings is 1. The van der Waals surface area contributed by atoms with Gasteiger partial charge in [0.25, 0.3) is 0 Å². The lowest BCUT2D eigenvalue weighted by Crippen LogP contribution is -2.52. The van der Waals surface area contributed by atoms with E-state index in [1.165, 1.54) is 0 Å². The lowest BCUT2D eigenvalue weighted by Gasteiger charge is -2.35. The largest absolute Gasteiger partial charge is 0.495 e. The fraction of sp³-hybridized carbons (Fsp3) is 0.500. The van der Waals surface area contributed by atoms with Crippen molar-refractivity contribution in [2.75, 3.05) is 26.2 Å². The fourth-order valence-corrected chi connectivity index (χ4v) is 5.00. The molecule has 36 heavy (non-hydrogen) atoms. The van der Waals surface area contributed by atoms with Gasteiger partial charge in [-0.15, -0.1) is 0 Å². The van der Waals surface area contributed by atoms with Crippen LogP contribution in [-0.2, 0) is 20.7 Å². The van der Waals surface area contributed by atoms with Gasteiger partial charge in [0.05, 0.1) is 24.9 Å². The fourth-order valence-electron chi connectivity index (χ4n) is 4.68. The second-order valence-electron chi connectivity index (χ2n) is 9.66. The van der Waals surface area contributed by atoms with E-state index in [0.717, 1.165) is 16.7 Å². The molecule has 1 aromatic rings. The molecule has 3 rings (SSSR count). The Kier molecular flexibility index (Phi) is 9.63. The average molecular weight is 517 g/mol. The van der Waals surface area contributed by atoms with Gasteiger partial charge in [-0.05, 0) is 44.4 Å². The molecule has 0 unspecified atom stereocenters. The Balaban J connectivity index is 2.00. The van der Waals surface area contributed by atoms with E-state index in [0.29, 0.717) is 42.1 Å². The van der Waals surface area contributed by atoms with Crippen LogP contribution in [0.1, 0.15) is 45.6 Å². The number of alkyl carbamates (subject to hydrolysis) is 1. The Hall–Kier alpha value is -2.77. The van der Waals surface area contributed by atoms with Crippen molar-refractivity contribution in [2.45, 2.75) is 64.7 Å². The molecule has 2 aliphatic heterocycles. The highest BCUT2D eigenvalue weighted by atomic mass is 35.5. The van der Waals surface area contributed by atoms with Crippen LogP contribution in [0.3, 0.4) is 0 Å². The summed E-state index contributed by atoms with van der Waals surface area (Å²) in [6, 6.07) is 3.64. The molecule has 196 valence electrons. The van der Waals surface area contributed by atoms with Crippen LogP contribution >= 0.6 is 11.6 Å². The maximum absolute atomic E-state index is 13.1. The molecule has 4 bridgehead atoms. The Morgan fingerprint density at radius 1 is 1.14 bits per heavy atom. The van der Waals surface area contributed by atoms with Crippen molar-refractivity contribution in [3.8, 4) is 5.75 Å². The first-order valence-electron chi connectivity index (χ1n) is 12.3. The molecule has 2 aliphatic rings. The normalized spacial score (nSPS) is 29.8. The van der Waals surface area contributed by atoms with Gasteiger partial charge in [0.1, 0.15) is 16.9 Å². The van der Waals surface area contributed by atoms with Crippen molar-refractivity contribution in [3.63, 3.8) is 0 Å². The minimum absolute atomic E-state index is 0.00696. The van der Waals surface area contributed by atoms with Crippen LogP contribution in [0.15, 0.2) is 47.6 Å². The molecule has 7 nitrogen and oxygen atoms in total. The minimum Gasteiger partial charge on any atom is -0.495 e. The number of carbonyl (C=O) groups excluding carboxylic acids is 2. The van der Waals surface area contributed by atoms with E-state index >= 15 is 0 Å². The van der Waals surface area contributed by atoms with E-state index in [4.69, 9.17) is 25.8 Å². The molecule has 0 aliphatic carbocycles. The Bertz CT molecular complexity index is 1060. The third kappa shape index (κ3) is 6.92. The number of hydrogen-bond acceptors (Lipinski definition) is 5. The molecule has 2 amide bonds. The number of halogens is 1. The summed E-state index contributed by atoms with van der Waals surface area (Å²) in [6.07, 6.45) is 9.19. The maximum Gasteiger partial charge on any atom is 0.407 e. The van der Waals surface area contributed by atoms with Gasteiger partial charge < -0.3 is 24.4 Å². The Morgan fingerprint density at radius 2 is 1.89 bits per heavy atom. The van der Waals surface area contributed by atoms with E-state index in [1.54, 1.807) is 26.2 Å². The molecule has 1 N–H and O–H groups in total. The highest BCUT2D eigenvalue weighted by molar-refractivity contribution is 6.35. The smallest absolute Gasteiger partial charge is 0.407 e. The van der Waals surface area contributed by atoms with Gasteiger partial charge >= 0.3 is 6.09 Å². The molecular weight excluding hydrogens is 480 g/mol. The molecule has 0 radical (unpaired) electrons. The second kappa shape index (κ2) is 12.5. The van der Waals surface area contributed by atoms with Gasteiger partial charge in [0.2, 0.25) is 5.91 Å². The second-order valence-corrected chi connectivity index (χ2v) is 10.0. The zero-order chi connectivity index (χ0) is 26.4. The van der Waals surface area contributed by atoms with Crippen molar-refractivity contribution in [3.05, 3.63) is 58.2 Å². The van der Waals surface area contributed by atoms with Gasteiger partial charge in [0, 0.05) is 32.9 Å². The third-order valence-electron chi connectivity index (χ3n) is 6.78. The number of amides is 2. The number of carbonyl (C=O) groups is 2. The molecule has 0 aromatic heterocycles. The van der Waals surface area contributed by atoms with Gasteiger partial charge in [-0.1, -0.05) is 54.0 Å². The number of rotatable bonds is 2. The molecule has 1 saturated heterocycles. The van der Waals surface area contributed by atoms with Gasteiger partial charge in [0.15, 0.2) is 0 Å². The molecule has 1 fully saturated rings. The number of nitrogens with one attached hydrogen (secondary N) is 1. The third-order valence-corrected chi connectivity index (χ3v) is 7.16. The zero-order valence-electron chi connectivity index (χ0n) is 22.0. The van der Waals surface area contributed by atoms with E-state index < -0.39 is 6.09 Å². The van der Waals surface area contributed by atoms with Crippen LogP contribution in [0, 0.1) is 5.92 Å². The standard InChI is InChI=1S/C28H37ClN2O5/c1-17-8-7-9-23(34-5)21-16-24(36-28(33)30-21)19(3)12-18(2)10-11-26(32)31(4)22-14-20(13-17)15-25(35-6)27(22)29/h7-9,12,14-15,19,21,23-24H,10-11,13,16H2,1-6H3,(H,30,33)/b9-7+,17-8+,18-12+/t19-,21+,23+,24-/m0/s1. The first kappa shape index (κ1) is 27.8. The maximum atomic E-state index is 13.1. The topological polar surface area (TPSA) is 77.1 Å². The van der Waals surface area contributed by atoms with Crippen LogP contribution in [0.4, 0.5) is 10.5 Å². The lowest BCUT2D eigenvalue weighted by atomic mass is 9.91. The summed E-state index contributed by atoms with van der Waals surface area (Å²) in [5.74, 6) is 0.485. The molecular formula is C28H37ClN2O5. The number of hydrogen-bond donors (Lipinski definition) is 1. The highest BCUT2D eigenvalue weighted by Gasteiger charge is 2.34. The predicted molar refractivity (Wildman–Crippen MR) is 143 cm³/mol. The summed E-state index contributed by atoms with van der Waals surface area (Å²) in [5, 5.41) is 3.31. The summed E-state index contributed by atoms with van der Waals surface area (Å²) in [7, 11) is 4.95. The number of anilines is 1.